The summed E-state index contributed by atoms with van der Waals surface area (Å²) in [7, 11) is 5.28. The minimum Gasteiger partial charge on any atom is -0.395 e. The van der Waals surface area contributed by atoms with Gasteiger partial charge in [0.05, 0.1) is 52.4 Å². The number of aliphatic hydroxyl groups is 1. The molecule has 0 unspecified atom stereocenters. The highest BCUT2D eigenvalue weighted by Gasteiger charge is 2.21. The van der Waals surface area contributed by atoms with E-state index < -0.39 is 0 Å². The summed E-state index contributed by atoms with van der Waals surface area (Å²) in [5.41, 5.74) is 5.13. The SMILES string of the molecule is CC(C)CN(CC(=O)N(C)C)C(C)C.CC(C)CN(CC(=O)NC(C)C)C(C)C.CC(C)CN(CC(=O)NCCO)C(C)C.CC(C)CN(CC(N)=O)C(C)C.CC(C)CNC(=O)CN(CC(C)C)C(C)C.CCCCNC(=O)CN(CC(C)C)C(C)C.CNC(=O)CN(CC(C)C)C(C)C. The summed E-state index contributed by atoms with van der Waals surface area (Å²) in [6, 6.07) is 3.12. The van der Waals surface area contributed by atoms with E-state index in [1.807, 2.05) is 13.8 Å². The second-order valence-corrected chi connectivity index (χ2v) is 33.0. The van der Waals surface area contributed by atoms with Gasteiger partial charge >= 0.3 is 0 Å². The van der Waals surface area contributed by atoms with E-state index in [9.17, 15) is 33.6 Å². The van der Waals surface area contributed by atoms with E-state index in [4.69, 9.17) is 10.8 Å². The summed E-state index contributed by atoms with van der Waals surface area (Å²) >= 11 is 0. The summed E-state index contributed by atoms with van der Waals surface area (Å²) in [6.07, 6.45) is 2.19. The van der Waals surface area contributed by atoms with Gasteiger partial charge in [0, 0.05) is 135 Å². The summed E-state index contributed by atoms with van der Waals surface area (Å²) in [5, 5.41) is 22.7. The third kappa shape index (κ3) is 78.4. The van der Waals surface area contributed by atoms with Crippen molar-refractivity contribution >= 4 is 41.4 Å². The van der Waals surface area contributed by atoms with Crippen LogP contribution >= 0.6 is 0 Å². The summed E-state index contributed by atoms with van der Waals surface area (Å²) in [6.45, 7) is 82.3. The lowest BCUT2D eigenvalue weighted by Gasteiger charge is -2.28. The number of hydrogen-bond donors (Lipinski definition) is 7. The zero-order chi connectivity index (χ0) is 80.6. The number of carbonyl (C=O) groups is 7. The third-order valence-corrected chi connectivity index (χ3v) is 15.0. The zero-order valence-corrected chi connectivity index (χ0v) is 72.8. The van der Waals surface area contributed by atoms with Crippen LogP contribution < -0.4 is 32.3 Å². The van der Waals surface area contributed by atoms with Crippen LogP contribution in [-0.4, -0.2) is 273 Å². The van der Waals surface area contributed by atoms with Crippen LogP contribution in [0, 0.1) is 47.3 Å². The Bertz CT molecular complexity index is 2010. The molecule has 8 N–H and O–H groups in total. The Morgan fingerprint density at radius 2 is 0.584 bits per heavy atom. The van der Waals surface area contributed by atoms with Crippen molar-refractivity contribution in [2.24, 2.45) is 53.1 Å². The topological polar surface area (TPSA) is 252 Å². The quantitative estimate of drug-likeness (QED) is 0.0281. The van der Waals surface area contributed by atoms with Gasteiger partial charge in [0.15, 0.2) is 0 Å². The molecule has 0 saturated heterocycles. The molecule has 0 spiro atoms. The predicted molar refractivity (Wildman–Crippen MR) is 432 cm³/mol. The molecule has 0 aliphatic rings. The lowest BCUT2D eigenvalue weighted by Crippen LogP contribution is -2.44. The molecule has 0 saturated carbocycles. The second kappa shape index (κ2) is 66.6. The minimum absolute atomic E-state index is 0.00238. The van der Waals surface area contributed by atoms with Crippen molar-refractivity contribution in [1.82, 2.24) is 65.8 Å². The molecular weight excluding hydrogens is 1270 g/mol. The van der Waals surface area contributed by atoms with E-state index >= 15 is 0 Å². The Morgan fingerprint density at radius 3 is 0.802 bits per heavy atom. The van der Waals surface area contributed by atoms with Crippen molar-refractivity contribution in [3.8, 4) is 0 Å². The molecule has 0 aromatic carbocycles. The number of nitrogens with one attached hydrogen (secondary N) is 5. The average Bonchev–Trinajstić information content (AvgIpc) is 1.11. The normalized spacial score (nSPS) is 11.6. The highest BCUT2D eigenvalue weighted by Crippen LogP contribution is 2.10. The Balaban J connectivity index is -0.000000205. The van der Waals surface area contributed by atoms with Gasteiger partial charge in [-0.2, -0.15) is 0 Å². The first kappa shape index (κ1) is 110. The van der Waals surface area contributed by atoms with Crippen LogP contribution in [0.3, 0.4) is 0 Å². The van der Waals surface area contributed by atoms with Crippen molar-refractivity contribution in [2.45, 2.75) is 290 Å². The third-order valence-electron chi connectivity index (χ3n) is 15.0. The van der Waals surface area contributed by atoms with Gasteiger partial charge in [-0.25, -0.2) is 0 Å². The van der Waals surface area contributed by atoms with Crippen molar-refractivity contribution in [3.63, 3.8) is 0 Å². The van der Waals surface area contributed by atoms with Crippen LogP contribution in [0.2, 0.25) is 0 Å². The maximum atomic E-state index is 11.7. The first-order valence-corrected chi connectivity index (χ1v) is 38.9. The number of hydrogen-bond acceptors (Lipinski definition) is 15. The van der Waals surface area contributed by atoms with Gasteiger partial charge in [-0.05, 0) is 165 Å². The standard InChI is InChI=1S/2C13H28N2O.C12H26N2O.C11H24N2O2.C11H24N2O.C10H22N2O.C9H20N2O/c1-10(2)7-14-13(16)9-15(12(5)6)8-11(3)4;1-6-7-8-14-13(16)10-15(12(4)5)9-11(2)3;1-9(2)7-14(11(5)6)8-12(15)13-10(3)4;1-9(2)7-13(10(3)4)8-11(15)12-5-6-14;1-9(2)7-13(10(3)4)8-11(14)12(5)6;1-8(2)6-12(9(3)4)7-10(13)11-5;1-7(2)5-11(8(3)4)6-9(10)12/h10-12H,7-9H2,1-6H3,(H,14,16);11-12H,6-10H2,1-5H3,(H,14,16);9-11H,7-8H2,1-6H3,(H,13,15);9-10,14H,5-8H2,1-4H3,(H,12,15);9-10H,7-8H2,1-6H3;8-9H,6-7H2,1-5H3,(H,11,13);7-8H,5-6H2,1-4H3,(H2,10,12). The number of rotatable bonds is 43. The number of amides is 7. The molecule has 101 heavy (non-hydrogen) atoms. The van der Waals surface area contributed by atoms with Gasteiger partial charge in [-0.3, -0.25) is 67.9 Å². The fourth-order valence-corrected chi connectivity index (χ4v) is 9.46. The molecule has 0 bridgehead atoms. The van der Waals surface area contributed by atoms with Crippen molar-refractivity contribution in [3.05, 3.63) is 0 Å². The van der Waals surface area contributed by atoms with Crippen molar-refractivity contribution in [2.75, 3.05) is 139 Å². The molecule has 0 atom stereocenters. The first-order chi connectivity index (χ1) is 46.3. The Hall–Kier alpha value is -4.03. The molecule has 0 aliphatic carbocycles. The number of likely N-dealkylation sites (N-methyl/N-ethyl adjacent to an activating group) is 2. The Kier molecular flexibility index (Phi) is 72.8. The van der Waals surface area contributed by atoms with E-state index in [2.05, 4.69) is 276 Å². The molecule has 0 rings (SSSR count). The zero-order valence-electron chi connectivity index (χ0n) is 72.8. The lowest BCUT2D eigenvalue weighted by atomic mass is 10.1. The molecule has 22 heteroatoms. The van der Waals surface area contributed by atoms with Crippen LogP contribution in [0.15, 0.2) is 0 Å². The number of unbranched alkanes of at least 4 members (excludes halogenated alkanes) is 1. The maximum Gasteiger partial charge on any atom is 0.236 e. The smallest absolute Gasteiger partial charge is 0.236 e. The van der Waals surface area contributed by atoms with Crippen molar-refractivity contribution in [1.29, 1.82) is 0 Å². The largest absolute Gasteiger partial charge is 0.395 e. The van der Waals surface area contributed by atoms with E-state index in [0.717, 1.165) is 71.7 Å². The molecular formula is C79H172N14O8. The highest BCUT2D eigenvalue weighted by molar-refractivity contribution is 5.80. The summed E-state index contributed by atoms with van der Waals surface area (Å²) in [5.74, 6) is 5.08. The summed E-state index contributed by atoms with van der Waals surface area (Å²) in [4.78, 5) is 96.7. The van der Waals surface area contributed by atoms with Crippen LogP contribution in [0.1, 0.15) is 241 Å². The maximum absolute atomic E-state index is 11.7. The van der Waals surface area contributed by atoms with Crippen molar-refractivity contribution < 1.29 is 38.7 Å². The molecule has 0 radical (unpaired) electrons. The van der Waals surface area contributed by atoms with Gasteiger partial charge in [0.1, 0.15) is 0 Å². The molecule has 0 heterocycles. The minimum atomic E-state index is -0.246. The molecule has 0 fully saturated rings. The molecule has 0 aromatic heterocycles. The van der Waals surface area contributed by atoms with E-state index in [1.165, 1.54) is 0 Å². The average molecular weight is 1450 g/mol. The van der Waals surface area contributed by atoms with Gasteiger partial charge in [0.2, 0.25) is 41.4 Å². The monoisotopic (exact) mass is 1450 g/mol. The van der Waals surface area contributed by atoms with Gasteiger partial charge in [-0.15, -0.1) is 0 Å². The Labute approximate surface area is 624 Å². The molecule has 22 nitrogen and oxygen atoms in total. The molecule has 0 aromatic rings. The number of nitrogens with two attached hydrogens (primary N) is 1. The van der Waals surface area contributed by atoms with Crippen LogP contribution in [0.5, 0.6) is 0 Å². The predicted octanol–water partition coefficient (Wildman–Crippen LogP) is 10.1. The fourth-order valence-electron chi connectivity index (χ4n) is 9.46. The number of carbonyl (C=O) groups excluding carboxylic acids is 7. The number of nitrogens with zero attached hydrogens (tertiary/aromatic N) is 8. The molecule has 606 valence electrons. The number of primary amides is 1. The summed E-state index contributed by atoms with van der Waals surface area (Å²) < 4.78 is 0. The van der Waals surface area contributed by atoms with Crippen LogP contribution in [0.4, 0.5) is 0 Å². The van der Waals surface area contributed by atoms with Gasteiger partial charge in [0.25, 0.3) is 0 Å². The molecule has 7 amide bonds. The van der Waals surface area contributed by atoms with Gasteiger partial charge < -0.3 is 42.3 Å². The number of aliphatic hydroxyl groups excluding tert-OH is 1. The Morgan fingerprint density at radius 1 is 0.337 bits per heavy atom. The van der Waals surface area contributed by atoms with E-state index in [-0.39, 0.29) is 54.0 Å². The van der Waals surface area contributed by atoms with Crippen LogP contribution in [-0.2, 0) is 33.6 Å². The van der Waals surface area contributed by atoms with Crippen LogP contribution in [0.25, 0.3) is 0 Å². The van der Waals surface area contributed by atoms with E-state index in [0.29, 0.717) is 142 Å². The lowest BCUT2D eigenvalue weighted by molar-refractivity contribution is -0.130. The fraction of sp³-hybridized carbons (Fsp3) is 0.911. The molecule has 0 aliphatic heterocycles. The van der Waals surface area contributed by atoms with Gasteiger partial charge in [-0.1, -0.05) is 124 Å². The highest BCUT2D eigenvalue weighted by atomic mass is 16.3. The second-order valence-electron chi connectivity index (χ2n) is 33.0. The van der Waals surface area contributed by atoms with E-state index in [1.54, 1.807) is 26.0 Å². The first-order valence-electron chi connectivity index (χ1n) is 38.9.